The van der Waals surface area contributed by atoms with Crippen molar-refractivity contribution in [3.05, 3.63) is 66.0 Å². The number of carboxylic acid groups (broad SMARTS) is 1. The van der Waals surface area contributed by atoms with E-state index in [9.17, 15) is 19.5 Å². The van der Waals surface area contributed by atoms with E-state index >= 15 is 0 Å². The van der Waals surface area contributed by atoms with Gasteiger partial charge in [-0.25, -0.2) is 4.79 Å². The number of rotatable bonds is 6. The summed E-state index contributed by atoms with van der Waals surface area (Å²) in [6, 6.07) is 11.4. The van der Waals surface area contributed by atoms with E-state index in [-0.39, 0.29) is 16.9 Å². The van der Waals surface area contributed by atoms with E-state index in [4.69, 9.17) is 0 Å². The van der Waals surface area contributed by atoms with Gasteiger partial charge in [0.15, 0.2) is 12.7 Å². The number of aliphatic carboxylic acids is 1. The molecule has 0 bridgehead atoms. The van der Waals surface area contributed by atoms with E-state index in [1.54, 1.807) is 6.08 Å². The summed E-state index contributed by atoms with van der Waals surface area (Å²) >= 11 is 4.50. The van der Waals surface area contributed by atoms with Gasteiger partial charge in [-0.05, 0) is 23.8 Å². The number of carboxylic acids is 1. The zero-order valence-electron chi connectivity index (χ0n) is 15.8. The first-order chi connectivity index (χ1) is 14.5. The molecule has 1 saturated heterocycles. The number of β-lactam (4-membered cyclic amide) rings is 1. The number of carbonyl (C=O) groups excluding carboxylic acids is 2. The molecule has 2 N–H and O–H groups in total. The number of nitrogens with one attached hydrogen (secondary N) is 1. The Balaban J connectivity index is 1.55. The van der Waals surface area contributed by atoms with Crippen molar-refractivity contribution in [1.29, 1.82) is 0 Å². The fourth-order valence-electron chi connectivity index (χ4n) is 3.67. The molecular formula is C21H19BrN3O4S+. The van der Waals surface area contributed by atoms with Gasteiger partial charge in [-0.15, -0.1) is 11.8 Å². The molecule has 3 heterocycles. The highest BCUT2D eigenvalue weighted by molar-refractivity contribution is 9.09. The second-order valence-electron chi connectivity index (χ2n) is 6.89. The Morgan fingerprint density at radius 2 is 2.07 bits per heavy atom. The average molecular weight is 489 g/mol. The van der Waals surface area contributed by atoms with Gasteiger partial charge >= 0.3 is 5.97 Å². The Morgan fingerprint density at radius 3 is 2.83 bits per heavy atom. The van der Waals surface area contributed by atoms with Crippen molar-refractivity contribution in [2.75, 3.05) is 11.1 Å². The van der Waals surface area contributed by atoms with Crippen molar-refractivity contribution in [3.8, 4) is 0 Å². The Bertz CT molecular complexity index is 1100. The summed E-state index contributed by atoms with van der Waals surface area (Å²) in [4.78, 5) is 37.3. The lowest BCUT2D eigenvalue weighted by Gasteiger charge is -2.49. The van der Waals surface area contributed by atoms with Gasteiger partial charge in [0.25, 0.3) is 5.91 Å². The van der Waals surface area contributed by atoms with Crippen LogP contribution in [0.5, 0.6) is 0 Å². The molecule has 2 atom stereocenters. The first kappa shape index (κ1) is 20.6. The molecule has 1 aromatic carbocycles. The number of thioether (sulfide) groups is 1. The summed E-state index contributed by atoms with van der Waals surface area (Å²) in [5.41, 5.74) is 1.66. The molecule has 0 unspecified atom stereocenters. The Morgan fingerprint density at radius 1 is 1.30 bits per heavy atom. The third-order valence-electron chi connectivity index (χ3n) is 5.05. The molecule has 2 aliphatic rings. The Kier molecular flexibility index (Phi) is 5.92. The van der Waals surface area contributed by atoms with Crippen LogP contribution in [0, 0.1) is 0 Å². The van der Waals surface area contributed by atoms with Crippen LogP contribution < -0.4 is 9.88 Å². The number of halogens is 1. The van der Waals surface area contributed by atoms with Gasteiger partial charge in [-0.3, -0.25) is 14.5 Å². The normalized spacial score (nSPS) is 21.0. The molecule has 2 amide bonds. The number of carbonyl (C=O) groups is 3. The van der Waals surface area contributed by atoms with Crippen LogP contribution in [0.1, 0.15) is 0 Å². The van der Waals surface area contributed by atoms with Crippen molar-refractivity contribution in [1.82, 2.24) is 10.2 Å². The third-order valence-corrected chi connectivity index (χ3v) is 6.86. The largest absolute Gasteiger partial charge is 0.477 e. The molecule has 1 fully saturated rings. The predicted octanol–water partition coefficient (Wildman–Crippen LogP) is 1.82. The van der Waals surface area contributed by atoms with Gasteiger partial charge < -0.3 is 10.4 Å². The quantitative estimate of drug-likeness (QED) is 0.367. The molecule has 2 aliphatic heterocycles. The molecule has 1 aromatic heterocycles. The lowest BCUT2D eigenvalue weighted by Crippen LogP contribution is -2.70. The standard InChI is InChI=1S/C21H18BrN3O4S/c22-11-16(26)23-17-19(27)25-18(21(28)29)14(12-30-20(17)25)7-4-10-24-9-3-6-13-5-1-2-8-15(13)24/h1-9,17,20H,10-12H2,(H-,23,26,28,29)/p+1/b7-4+/t17-,20-/m1/s1. The Labute approximate surface area is 185 Å². The lowest BCUT2D eigenvalue weighted by molar-refractivity contribution is -0.661. The van der Waals surface area contributed by atoms with E-state index < -0.39 is 23.3 Å². The zero-order chi connectivity index (χ0) is 21.3. The van der Waals surface area contributed by atoms with Gasteiger partial charge in [0.05, 0.1) is 5.33 Å². The number of amides is 2. The molecule has 0 spiro atoms. The maximum Gasteiger partial charge on any atom is 0.352 e. The van der Waals surface area contributed by atoms with Crippen LogP contribution in [0.25, 0.3) is 10.9 Å². The van der Waals surface area contributed by atoms with Gasteiger partial charge in [0.2, 0.25) is 11.4 Å². The van der Waals surface area contributed by atoms with Gasteiger partial charge in [0.1, 0.15) is 17.1 Å². The van der Waals surface area contributed by atoms with Crippen LogP contribution in [-0.2, 0) is 20.9 Å². The fraction of sp³-hybridized carbons (Fsp3) is 0.238. The van der Waals surface area contributed by atoms with Crippen LogP contribution in [0.3, 0.4) is 0 Å². The lowest BCUT2D eigenvalue weighted by atomic mass is 10.0. The van der Waals surface area contributed by atoms with E-state index in [2.05, 4.69) is 25.8 Å². The number of allylic oxidation sites excluding steroid dienone is 2. The monoisotopic (exact) mass is 488 g/mol. The summed E-state index contributed by atoms with van der Waals surface area (Å²) in [6.45, 7) is 0.573. The first-order valence-electron chi connectivity index (χ1n) is 9.31. The minimum atomic E-state index is -1.14. The number of pyridine rings is 1. The van der Waals surface area contributed by atoms with Gasteiger partial charge in [-0.1, -0.05) is 34.1 Å². The second-order valence-corrected chi connectivity index (χ2v) is 8.56. The van der Waals surface area contributed by atoms with Crippen LogP contribution in [0.4, 0.5) is 0 Å². The van der Waals surface area contributed by atoms with Crippen molar-refractivity contribution in [3.63, 3.8) is 0 Å². The number of alkyl halides is 1. The molecular weight excluding hydrogens is 470 g/mol. The minimum absolute atomic E-state index is 0.00717. The molecule has 4 rings (SSSR count). The number of hydrogen-bond donors (Lipinski definition) is 2. The third kappa shape index (κ3) is 3.75. The molecule has 30 heavy (non-hydrogen) atoms. The van der Waals surface area contributed by atoms with E-state index in [0.717, 1.165) is 10.9 Å². The maximum atomic E-state index is 12.5. The smallest absolute Gasteiger partial charge is 0.352 e. The number of hydrogen-bond acceptors (Lipinski definition) is 4. The molecule has 0 saturated carbocycles. The van der Waals surface area contributed by atoms with Gasteiger partial charge in [-0.2, -0.15) is 4.57 Å². The average Bonchev–Trinajstić information content (AvgIpc) is 2.76. The highest BCUT2D eigenvalue weighted by Crippen LogP contribution is 2.40. The van der Waals surface area contributed by atoms with Crippen molar-refractivity contribution in [2.24, 2.45) is 0 Å². The highest BCUT2D eigenvalue weighted by atomic mass is 79.9. The molecule has 154 valence electrons. The summed E-state index contributed by atoms with van der Waals surface area (Å²) in [5.74, 6) is -1.38. The SMILES string of the molecule is O=C(CBr)N[C@@H]1C(=O)N2C(C(=O)O)=C(/C=C/C[n+]3cccc4ccccc43)CS[C@H]12. The summed E-state index contributed by atoms with van der Waals surface area (Å²) < 4.78 is 2.08. The van der Waals surface area contributed by atoms with Crippen LogP contribution in [-0.4, -0.2) is 50.3 Å². The fourth-order valence-corrected chi connectivity index (χ4v) is 5.15. The highest BCUT2D eigenvalue weighted by Gasteiger charge is 2.53. The van der Waals surface area contributed by atoms with Crippen molar-refractivity contribution < 1.29 is 24.1 Å². The molecule has 2 aromatic rings. The second kappa shape index (κ2) is 8.61. The topological polar surface area (TPSA) is 90.6 Å². The molecule has 0 aliphatic carbocycles. The predicted molar refractivity (Wildman–Crippen MR) is 117 cm³/mol. The van der Waals surface area contributed by atoms with E-state index in [1.807, 2.05) is 48.7 Å². The molecule has 0 radical (unpaired) electrons. The number of nitrogens with zero attached hydrogens (tertiary/aromatic N) is 2. The maximum absolute atomic E-state index is 12.5. The Hall–Kier alpha value is -2.65. The number of para-hydroxylation sites is 1. The summed E-state index contributed by atoms with van der Waals surface area (Å²) in [7, 11) is 0. The number of aromatic nitrogens is 1. The van der Waals surface area contributed by atoms with Crippen molar-refractivity contribution in [2.45, 2.75) is 18.0 Å². The van der Waals surface area contributed by atoms with Crippen LogP contribution in [0.15, 0.2) is 66.0 Å². The zero-order valence-corrected chi connectivity index (χ0v) is 18.2. The van der Waals surface area contributed by atoms with Crippen LogP contribution >= 0.6 is 27.7 Å². The van der Waals surface area contributed by atoms with Crippen molar-refractivity contribution >= 4 is 56.4 Å². The van der Waals surface area contributed by atoms with E-state index in [0.29, 0.717) is 17.9 Å². The van der Waals surface area contributed by atoms with Gasteiger partial charge in [0, 0.05) is 23.3 Å². The summed E-state index contributed by atoms with van der Waals surface area (Å²) in [5, 5.41) is 13.2. The van der Waals surface area contributed by atoms with Crippen LogP contribution in [0.2, 0.25) is 0 Å². The first-order valence-corrected chi connectivity index (χ1v) is 11.5. The number of fused-ring (bicyclic) bond motifs is 2. The molecule has 7 nitrogen and oxygen atoms in total. The minimum Gasteiger partial charge on any atom is -0.477 e. The summed E-state index contributed by atoms with van der Waals surface area (Å²) in [6.07, 6.45) is 5.65. The van der Waals surface area contributed by atoms with E-state index in [1.165, 1.54) is 16.7 Å². The molecule has 9 heteroatoms. The number of benzene rings is 1.